The quantitative estimate of drug-likeness (QED) is 0.196. The van der Waals surface area contributed by atoms with Crippen LogP contribution in [-0.2, 0) is 0 Å². The van der Waals surface area contributed by atoms with Crippen LogP contribution in [0.5, 0.6) is 5.75 Å². The van der Waals surface area contributed by atoms with Gasteiger partial charge in [-0.15, -0.1) is 24.0 Å². The highest BCUT2D eigenvalue weighted by Gasteiger charge is 2.11. The maximum atomic E-state index is 12.0. The number of halogens is 1. The normalized spacial score (nSPS) is 10.8. The zero-order valence-electron chi connectivity index (χ0n) is 17.3. The third-order valence-electron chi connectivity index (χ3n) is 3.99. The van der Waals surface area contributed by atoms with Gasteiger partial charge in [-0.25, -0.2) is 0 Å². The molecular formula is C21H31IN4O3. The number of hydrogen-bond donors (Lipinski definition) is 3. The summed E-state index contributed by atoms with van der Waals surface area (Å²) in [6, 6.07) is 9.76. The van der Waals surface area contributed by atoms with Crippen molar-refractivity contribution >= 4 is 35.8 Å². The number of ether oxygens (including phenoxy) is 1. The molecule has 0 unspecified atom stereocenters. The van der Waals surface area contributed by atoms with Gasteiger partial charge in [-0.05, 0) is 45.4 Å². The Bertz CT molecular complexity index is 760. The molecule has 7 nitrogen and oxygen atoms in total. The van der Waals surface area contributed by atoms with Crippen molar-refractivity contribution in [1.82, 2.24) is 16.0 Å². The lowest BCUT2D eigenvalue weighted by Crippen LogP contribution is -2.39. The van der Waals surface area contributed by atoms with Gasteiger partial charge in [0.05, 0.1) is 12.8 Å². The minimum atomic E-state index is -0.190. The highest BCUT2D eigenvalue weighted by molar-refractivity contribution is 14.0. The molecule has 2 aromatic rings. The van der Waals surface area contributed by atoms with E-state index in [1.807, 2.05) is 45.0 Å². The number of guanidine groups is 1. The summed E-state index contributed by atoms with van der Waals surface area (Å²) in [5.74, 6) is 1.77. The fourth-order valence-corrected chi connectivity index (χ4v) is 2.47. The number of carbonyl (C=O) groups is 1. The van der Waals surface area contributed by atoms with Crippen LogP contribution in [0, 0.1) is 13.8 Å². The Morgan fingerprint density at radius 2 is 1.83 bits per heavy atom. The zero-order chi connectivity index (χ0) is 20.2. The largest absolute Gasteiger partial charge is 0.492 e. The van der Waals surface area contributed by atoms with Crippen LogP contribution < -0.4 is 20.7 Å². The molecule has 1 aromatic heterocycles. The van der Waals surface area contributed by atoms with E-state index < -0.39 is 0 Å². The summed E-state index contributed by atoms with van der Waals surface area (Å²) >= 11 is 0. The van der Waals surface area contributed by atoms with E-state index in [-0.39, 0.29) is 29.9 Å². The first-order valence-corrected chi connectivity index (χ1v) is 9.64. The van der Waals surface area contributed by atoms with Crippen molar-refractivity contribution in [2.24, 2.45) is 4.99 Å². The molecule has 0 saturated carbocycles. The van der Waals surface area contributed by atoms with Gasteiger partial charge in [-0.1, -0.05) is 17.7 Å². The van der Waals surface area contributed by atoms with E-state index in [2.05, 4.69) is 20.9 Å². The summed E-state index contributed by atoms with van der Waals surface area (Å²) in [6.07, 6.45) is 2.26. The van der Waals surface area contributed by atoms with Crippen LogP contribution in [0.3, 0.4) is 0 Å². The van der Waals surface area contributed by atoms with E-state index in [1.54, 1.807) is 6.07 Å². The Hall–Kier alpha value is -2.23. The Morgan fingerprint density at radius 3 is 2.48 bits per heavy atom. The number of rotatable bonds is 10. The summed E-state index contributed by atoms with van der Waals surface area (Å²) in [5.41, 5.74) is 2.05. The lowest BCUT2D eigenvalue weighted by Gasteiger charge is -2.12. The van der Waals surface area contributed by atoms with Crippen LogP contribution in [0.15, 0.2) is 46.0 Å². The Morgan fingerprint density at radius 1 is 1.07 bits per heavy atom. The third-order valence-corrected chi connectivity index (χ3v) is 3.99. The van der Waals surface area contributed by atoms with Crippen molar-refractivity contribution in [3.63, 3.8) is 0 Å². The average Bonchev–Trinajstić information content (AvgIpc) is 3.12. The van der Waals surface area contributed by atoms with Crippen molar-refractivity contribution in [1.29, 1.82) is 0 Å². The second-order valence-corrected chi connectivity index (χ2v) is 6.39. The van der Waals surface area contributed by atoms with Gasteiger partial charge in [-0.3, -0.25) is 9.79 Å². The van der Waals surface area contributed by atoms with Crippen LogP contribution in [0.4, 0.5) is 0 Å². The number of carbonyl (C=O) groups excluding carboxylic acids is 1. The van der Waals surface area contributed by atoms with E-state index >= 15 is 0 Å². The second kappa shape index (κ2) is 13.9. The molecular weight excluding hydrogens is 483 g/mol. The Kier molecular flexibility index (Phi) is 11.9. The topological polar surface area (TPSA) is 87.9 Å². The van der Waals surface area contributed by atoms with Gasteiger partial charge in [0, 0.05) is 25.2 Å². The first kappa shape index (κ1) is 24.8. The molecule has 0 saturated heterocycles. The summed E-state index contributed by atoms with van der Waals surface area (Å²) in [7, 11) is 0. The molecule has 0 spiro atoms. The predicted octanol–water partition coefficient (Wildman–Crippen LogP) is 3.27. The van der Waals surface area contributed by atoms with Gasteiger partial charge >= 0.3 is 0 Å². The highest BCUT2D eigenvalue weighted by atomic mass is 127. The Labute approximate surface area is 189 Å². The first-order chi connectivity index (χ1) is 13.6. The third kappa shape index (κ3) is 9.21. The fourth-order valence-electron chi connectivity index (χ4n) is 2.47. The van der Waals surface area contributed by atoms with Crippen LogP contribution in [-0.4, -0.2) is 44.7 Å². The number of nitrogens with one attached hydrogen (secondary N) is 3. The maximum absolute atomic E-state index is 12.0. The maximum Gasteiger partial charge on any atom is 0.287 e. The second-order valence-electron chi connectivity index (χ2n) is 6.39. The first-order valence-electron chi connectivity index (χ1n) is 9.64. The van der Waals surface area contributed by atoms with E-state index in [9.17, 15) is 4.79 Å². The number of amides is 1. The molecule has 0 radical (unpaired) electrons. The molecule has 29 heavy (non-hydrogen) atoms. The minimum absolute atomic E-state index is 0. The molecule has 0 aliphatic rings. The molecule has 8 heteroatoms. The van der Waals surface area contributed by atoms with E-state index in [1.165, 1.54) is 11.8 Å². The van der Waals surface area contributed by atoms with Crippen molar-refractivity contribution in [3.8, 4) is 5.75 Å². The fraction of sp³-hybridized carbons (Fsp3) is 0.429. The molecule has 1 heterocycles. The van der Waals surface area contributed by atoms with E-state index in [0.29, 0.717) is 32.0 Å². The van der Waals surface area contributed by atoms with Gasteiger partial charge < -0.3 is 25.1 Å². The van der Waals surface area contributed by atoms with Crippen molar-refractivity contribution in [2.45, 2.75) is 27.2 Å². The van der Waals surface area contributed by atoms with Crippen LogP contribution >= 0.6 is 24.0 Å². The predicted molar refractivity (Wildman–Crippen MR) is 126 cm³/mol. The molecule has 0 aliphatic heterocycles. The molecule has 160 valence electrons. The summed E-state index contributed by atoms with van der Waals surface area (Å²) < 4.78 is 10.9. The number of benzene rings is 1. The SMILES string of the molecule is CCNC(=NCCCNC(=O)c1occc1C)NCCOc1ccc(C)cc1.I. The molecule has 1 amide bonds. The Balaban J connectivity index is 0.00000420. The average molecular weight is 514 g/mol. The van der Waals surface area contributed by atoms with Crippen LogP contribution in [0.2, 0.25) is 0 Å². The number of aryl methyl sites for hydroxylation is 2. The van der Waals surface area contributed by atoms with E-state index in [0.717, 1.165) is 30.2 Å². The number of furan rings is 1. The van der Waals surface area contributed by atoms with Crippen molar-refractivity contribution in [3.05, 3.63) is 53.5 Å². The molecule has 0 fully saturated rings. The monoisotopic (exact) mass is 514 g/mol. The molecule has 1 aromatic carbocycles. The highest BCUT2D eigenvalue weighted by Crippen LogP contribution is 2.10. The summed E-state index contributed by atoms with van der Waals surface area (Å²) in [5, 5.41) is 9.29. The van der Waals surface area contributed by atoms with Gasteiger partial charge in [0.15, 0.2) is 11.7 Å². The summed E-state index contributed by atoms with van der Waals surface area (Å²) in [4.78, 5) is 16.5. The molecule has 0 aliphatic carbocycles. The zero-order valence-corrected chi connectivity index (χ0v) is 19.6. The lowest BCUT2D eigenvalue weighted by atomic mass is 10.2. The van der Waals surface area contributed by atoms with Crippen LogP contribution in [0.1, 0.15) is 35.0 Å². The summed E-state index contributed by atoms with van der Waals surface area (Å²) in [6.45, 7) is 9.03. The number of aliphatic imine (C=N–C) groups is 1. The lowest BCUT2D eigenvalue weighted by molar-refractivity contribution is 0.0925. The van der Waals surface area contributed by atoms with Gasteiger partial charge in [0.25, 0.3) is 5.91 Å². The number of nitrogens with zero attached hydrogens (tertiary/aromatic N) is 1. The standard InChI is InChI=1S/C21H30N4O3.HI/c1-4-22-21(25-13-15-27-18-8-6-16(2)7-9-18)24-12-5-11-23-20(26)19-17(3)10-14-28-19;/h6-10,14H,4-5,11-13,15H2,1-3H3,(H,23,26)(H2,22,24,25);1H. The van der Waals surface area contributed by atoms with Crippen molar-refractivity contribution < 1.29 is 13.9 Å². The molecule has 3 N–H and O–H groups in total. The molecule has 0 atom stereocenters. The number of hydrogen-bond acceptors (Lipinski definition) is 4. The minimum Gasteiger partial charge on any atom is -0.492 e. The van der Waals surface area contributed by atoms with Gasteiger partial charge in [-0.2, -0.15) is 0 Å². The van der Waals surface area contributed by atoms with Crippen molar-refractivity contribution in [2.75, 3.05) is 32.8 Å². The molecule has 2 rings (SSSR count). The smallest absolute Gasteiger partial charge is 0.287 e. The molecule has 0 bridgehead atoms. The van der Waals surface area contributed by atoms with Gasteiger partial charge in [0.2, 0.25) is 0 Å². The van der Waals surface area contributed by atoms with Crippen LogP contribution in [0.25, 0.3) is 0 Å². The van der Waals surface area contributed by atoms with E-state index in [4.69, 9.17) is 9.15 Å². The van der Waals surface area contributed by atoms with Gasteiger partial charge in [0.1, 0.15) is 12.4 Å².